The van der Waals surface area contributed by atoms with E-state index in [1.165, 1.54) is 0 Å². The number of fused-ring (bicyclic) bond motifs is 1. The molecule has 2 aromatic rings. The van der Waals surface area contributed by atoms with Gasteiger partial charge in [0.2, 0.25) is 11.8 Å². The van der Waals surface area contributed by atoms with Crippen molar-refractivity contribution in [3.8, 4) is 5.75 Å². The molecule has 0 spiro atoms. The number of rotatable bonds is 3. The van der Waals surface area contributed by atoms with Crippen LogP contribution in [0.1, 0.15) is 55.4 Å². The summed E-state index contributed by atoms with van der Waals surface area (Å²) in [5.74, 6) is 2.09. The zero-order valence-electron chi connectivity index (χ0n) is 13.8. The fraction of sp³-hybridized carbons (Fsp3) is 0.500. The smallest absolute Gasteiger partial charge is 0.231 e. The summed E-state index contributed by atoms with van der Waals surface area (Å²) in [5.41, 5.74) is 0.988. The Labute approximate surface area is 140 Å². The van der Waals surface area contributed by atoms with Gasteiger partial charge in [-0.25, -0.2) is 0 Å². The second-order valence-corrected chi connectivity index (χ2v) is 6.32. The van der Waals surface area contributed by atoms with Gasteiger partial charge < -0.3 is 14.2 Å². The first kappa shape index (κ1) is 15.2. The minimum absolute atomic E-state index is 0.0726. The number of aromatic nitrogens is 2. The molecule has 1 aromatic heterocycles. The molecule has 0 aliphatic carbocycles. The maximum atomic E-state index is 13.2. The third kappa shape index (κ3) is 2.56. The van der Waals surface area contributed by atoms with Crippen LogP contribution in [0.3, 0.4) is 0 Å². The van der Waals surface area contributed by atoms with Crippen LogP contribution in [0.15, 0.2) is 28.8 Å². The van der Waals surface area contributed by atoms with Gasteiger partial charge in [0.15, 0.2) is 5.82 Å². The number of likely N-dealkylation sites (tertiary alicyclic amines) is 1. The lowest BCUT2D eigenvalue weighted by Crippen LogP contribution is -2.37. The predicted molar refractivity (Wildman–Crippen MR) is 86.7 cm³/mol. The Hall–Kier alpha value is -2.37. The lowest BCUT2D eigenvalue weighted by molar-refractivity contribution is -0.134. The number of para-hydroxylation sites is 1. The number of carbonyl (C=O) groups is 1. The van der Waals surface area contributed by atoms with E-state index >= 15 is 0 Å². The van der Waals surface area contributed by atoms with Gasteiger partial charge in [-0.2, -0.15) is 4.98 Å². The van der Waals surface area contributed by atoms with E-state index < -0.39 is 0 Å². The Morgan fingerprint density at radius 3 is 3.04 bits per heavy atom. The second-order valence-electron chi connectivity index (χ2n) is 6.32. The number of nitrogens with zero attached hydrogens (tertiary/aromatic N) is 3. The molecule has 0 radical (unpaired) electrons. The minimum atomic E-state index is -0.145. The third-order valence-electron chi connectivity index (χ3n) is 4.88. The summed E-state index contributed by atoms with van der Waals surface area (Å²) in [6.45, 7) is 3.31. The molecule has 2 atom stereocenters. The fourth-order valence-corrected chi connectivity index (χ4v) is 3.64. The minimum Gasteiger partial charge on any atom is -0.493 e. The normalized spacial score (nSPS) is 23.0. The molecular formula is C18H21N3O3. The molecule has 24 heavy (non-hydrogen) atoms. The highest BCUT2D eigenvalue weighted by atomic mass is 16.5. The van der Waals surface area contributed by atoms with Crippen molar-refractivity contribution in [2.24, 2.45) is 0 Å². The molecule has 1 saturated heterocycles. The van der Waals surface area contributed by atoms with Crippen LogP contribution in [0, 0.1) is 0 Å². The number of aryl methyl sites for hydroxylation is 1. The van der Waals surface area contributed by atoms with Crippen molar-refractivity contribution in [1.29, 1.82) is 0 Å². The first-order valence-corrected chi connectivity index (χ1v) is 8.62. The number of carbonyl (C=O) groups excluding carboxylic acids is 1. The predicted octanol–water partition coefficient (Wildman–Crippen LogP) is 2.86. The number of ether oxygens (including phenoxy) is 1. The first-order valence-electron chi connectivity index (χ1n) is 8.62. The molecule has 2 aliphatic rings. The van der Waals surface area contributed by atoms with Crippen LogP contribution in [0.5, 0.6) is 5.75 Å². The molecule has 2 aliphatic heterocycles. The molecule has 3 heterocycles. The van der Waals surface area contributed by atoms with Crippen LogP contribution in [-0.2, 0) is 11.2 Å². The van der Waals surface area contributed by atoms with Crippen molar-refractivity contribution >= 4 is 5.91 Å². The van der Waals surface area contributed by atoms with Crippen molar-refractivity contribution < 1.29 is 14.1 Å². The monoisotopic (exact) mass is 327 g/mol. The quantitative estimate of drug-likeness (QED) is 0.867. The van der Waals surface area contributed by atoms with E-state index in [9.17, 15) is 4.79 Å². The Bertz CT molecular complexity index is 743. The van der Waals surface area contributed by atoms with Gasteiger partial charge in [0, 0.05) is 18.5 Å². The summed E-state index contributed by atoms with van der Waals surface area (Å²) in [7, 11) is 0. The van der Waals surface area contributed by atoms with E-state index in [1.54, 1.807) is 0 Å². The summed E-state index contributed by atoms with van der Waals surface area (Å²) in [4.78, 5) is 19.6. The van der Waals surface area contributed by atoms with Gasteiger partial charge in [-0.15, -0.1) is 0 Å². The van der Waals surface area contributed by atoms with Crippen LogP contribution < -0.4 is 4.74 Å². The largest absolute Gasteiger partial charge is 0.493 e. The zero-order valence-corrected chi connectivity index (χ0v) is 13.8. The molecule has 1 amide bonds. The van der Waals surface area contributed by atoms with Crippen LogP contribution in [0.2, 0.25) is 0 Å². The molecule has 0 saturated carbocycles. The topological polar surface area (TPSA) is 68.5 Å². The molecule has 1 fully saturated rings. The van der Waals surface area contributed by atoms with Crippen molar-refractivity contribution in [3.63, 3.8) is 0 Å². The Morgan fingerprint density at radius 2 is 2.21 bits per heavy atom. The number of benzene rings is 1. The molecule has 1 aromatic carbocycles. The van der Waals surface area contributed by atoms with Gasteiger partial charge in [0.05, 0.1) is 18.6 Å². The lowest BCUT2D eigenvalue weighted by Gasteiger charge is -2.30. The molecule has 6 nitrogen and oxygen atoms in total. The summed E-state index contributed by atoms with van der Waals surface area (Å²) < 4.78 is 10.9. The lowest BCUT2D eigenvalue weighted by atomic mass is 9.91. The molecule has 6 heteroatoms. The van der Waals surface area contributed by atoms with E-state index in [-0.39, 0.29) is 17.9 Å². The van der Waals surface area contributed by atoms with Crippen molar-refractivity contribution in [1.82, 2.24) is 15.0 Å². The highest BCUT2D eigenvalue weighted by Crippen LogP contribution is 2.38. The first-order chi connectivity index (χ1) is 11.8. The van der Waals surface area contributed by atoms with E-state index in [0.717, 1.165) is 30.7 Å². The van der Waals surface area contributed by atoms with E-state index in [0.29, 0.717) is 31.2 Å². The zero-order chi connectivity index (χ0) is 16.5. The van der Waals surface area contributed by atoms with Gasteiger partial charge in [-0.3, -0.25) is 4.79 Å². The average molecular weight is 327 g/mol. The molecule has 126 valence electrons. The highest BCUT2D eigenvalue weighted by Gasteiger charge is 2.38. The standard InChI is InChI=1S/C18H21N3O3/c1-2-16-19-17(20-24-16)14-7-5-10-21(14)18(22)13-9-11-23-15-8-4-3-6-12(13)15/h3-4,6,8,13-14H,2,5,7,9-11H2,1H3/t13-,14-/m1/s1. The van der Waals surface area contributed by atoms with Crippen molar-refractivity contribution in [3.05, 3.63) is 41.5 Å². The van der Waals surface area contributed by atoms with E-state index in [4.69, 9.17) is 9.26 Å². The van der Waals surface area contributed by atoms with Crippen LogP contribution in [-0.4, -0.2) is 34.1 Å². The molecule has 0 N–H and O–H groups in total. The second kappa shape index (κ2) is 6.26. The van der Waals surface area contributed by atoms with Crippen molar-refractivity contribution in [2.75, 3.05) is 13.2 Å². The number of amides is 1. The molecule has 0 unspecified atom stereocenters. The van der Waals surface area contributed by atoms with Gasteiger partial charge in [-0.05, 0) is 25.3 Å². The van der Waals surface area contributed by atoms with Gasteiger partial charge in [-0.1, -0.05) is 30.3 Å². The van der Waals surface area contributed by atoms with Gasteiger partial charge in [0.1, 0.15) is 5.75 Å². The Balaban J connectivity index is 1.60. The maximum absolute atomic E-state index is 13.2. The molecule has 4 rings (SSSR count). The number of hydrogen-bond donors (Lipinski definition) is 0. The van der Waals surface area contributed by atoms with Crippen LogP contribution in [0.4, 0.5) is 0 Å². The summed E-state index contributed by atoms with van der Waals surface area (Å²) >= 11 is 0. The van der Waals surface area contributed by atoms with Crippen LogP contribution >= 0.6 is 0 Å². The summed E-state index contributed by atoms with van der Waals surface area (Å²) in [6.07, 6.45) is 3.28. The van der Waals surface area contributed by atoms with Gasteiger partial charge in [0.25, 0.3) is 0 Å². The summed E-state index contributed by atoms with van der Waals surface area (Å²) in [5, 5.41) is 4.09. The Morgan fingerprint density at radius 1 is 1.33 bits per heavy atom. The third-order valence-corrected chi connectivity index (χ3v) is 4.88. The highest BCUT2D eigenvalue weighted by molar-refractivity contribution is 5.85. The average Bonchev–Trinajstić information content (AvgIpc) is 3.29. The van der Waals surface area contributed by atoms with E-state index in [1.807, 2.05) is 36.1 Å². The number of hydrogen-bond acceptors (Lipinski definition) is 5. The molecular weight excluding hydrogens is 306 g/mol. The summed E-state index contributed by atoms with van der Waals surface area (Å²) in [6, 6.07) is 7.75. The molecule has 0 bridgehead atoms. The SMILES string of the molecule is CCc1nc([C@H]2CCCN2C(=O)[C@@H]2CCOc3ccccc32)no1. The fourth-order valence-electron chi connectivity index (χ4n) is 3.64. The maximum Gasteiger partial charge on any atom is 0.231 e. The van der Waals surface area contributed by atoms with Crippen LogP contribution in [0.25, 0.3) is 0 Å². The van der Waals surface area contributed by atoms with Crippen molar-refractivity contribution in [2.45, 2.75) is 44.6 Å². The Kier molecular flexibility index (Phi) is 3.96. The van der Waals surface area contributed by atoms with E-state index in [2.05, 4.69) is 10.1 Å². The van der Waals surface area contributed by atoms with Gasteiger partial charge >= 0.3 is 0 Å².